The summed E-state index contributed by atoms with van der Waals surface area (Å²) >= 11 is 0. The Hall–Kier alpha value is -1.42. The van der Waals surface area contributed by atoms with Crippen LogP contribution in [0.5, 0.6) is 0 Å². The van der Waals surface area contributed by atoms with Crippen LogP contribution in [0.2, 0.25) is 0 Å². The number of unbranched alkanes of at least 4 members (excludes halogenated alkanes) is 1. The molecule has 1 unspecified atom stereocenters. The summed E-state index contributed by atoms with van der Waals surface area (Å²) in [6.07, 6.45) is 5.68. The lowest BCUT2D eigenvalue weighted by atomic mass is 10.1. The van der Waals surface area contributed by atoms with Gasteiger partial charge in [-0.05, 0) is 31.9 Å². The molecule has 0 aliphatic rings. The molecular formula is C14H23N3O. The highest BCUT2D eigenvalue weighted by Gasteiger charge is 2.15. The molecular weight excluding hydrogens is 226 g/mol. The Balaban J connectivity index is 2.39. The van der Waals surface area contributed by atoms with Gasteiger partial charge in [0, 0.05) is 25.0 Å². The zero-order chi connectivity index (χ0) is 13.4. The van der Waals surface area contributed by atoms with Crippen molar-refractivity contribution in [3.63, 3.8) is 0 Å². The molecule has 0 aliphatic heterocycles. The van der Waals surface area contributed by atoms with Crippen molar-refractivity contribution in [1.29, 1.82) is 0 Å². The maximum absolute atomic E-state index is 11.8. The maximum atomic E-state index is 11.8. The molecule has 0 aliphatic carbocycles. The Bertz CT molecular complexity index is 353. The summed E-state index contributed by atoms with van der Waals surface area (Å²) in [5, 5.41) is 6.19. The minimum absolute atomic E-state index is 0.0548. The molecule has 0 saturated carbocycles. The molecule has 4 heteroatoms. The third kappa shape index (κ3) is 4.84. The van der Waals surface area contributed by atoms with Gasteiger partial charge >= 0.3 is 0 Å². The molecule has 1 amide bonds. The largest absolute Gasteiger partial charge is 0.355 e. The van der Waals surface area contributed by atoms with Crippen LogP contribution < -0.4 is 10.6 Å². The van der Waals surface area contributed by atoms with Crippen molar-refractivity contribution >= 4 is 5.91 Å². The molecule has 1 aromatic rings. The van der Waals surface area contributed by atoms with Crippen LogP contribution in [-0.4, -0.2) is 23.5 Å². The monoisotopic (exact) mass is 249 g/mol. The van der Waals surface area contributed by atoms with Gasteiger partial charge in [-0.25, -0.2) is 0 Å². The van der Waals surface area contributed by atoms with E-state index in [-0.39, 0.29) is 18.0 Å². The van der Waals surface area contributed by atoms with Crippen LogP contribution in [0, 0.1) is 0 Å². The minimum atomic E-state index is -0.197. The molecule has 0 radical (unpaired) electrons. The van der Waals surface area contributed by atoms with Gasteiger partial charge in [0.15, 0.2) is 0 Å². The number of carbonyl (C=O) groups is 1. The number of aromatic nitrogens is 1. The van der Waals surface area contributed by atoms with Gasteiger partial charge in [0.1, 0.15) is 0 Å². The molecule has 100 valence electrons. The highest BCUT2D eigenvalue weighted by atomic mass is 16.2. The summed E-state index contributed by atoms with van der Waals surface area (Å²) in [5.74, 6) is 0.0548. The normalized spacial score (nSPS) is 13.9. The summed E-state index contributed by atoms with van der Waals surface area (Å²) in [4.78, 5) is 15.9. The molecule has 2 N–H and O–H groups in total. The van der Waals surface area contributed by atoms with E-state index < -0.39 is 0 Å². The van der Waals surface area contributed by atoms with Crippen LogP contribution in [0.15, 0.2) is 24.5 Å². The van der Waals surface area contributed by atoms with Crippen molar-refractivity contribution in [3.05, 3.63) is 30.1 Å². The van der Waals surface area contributed by atoms with E-state index in [0.717, 1.165) is 24.9 Å². The topological polar surface area (TPSA) is 54.0 Å². The molecule has 1 rings (SSSR count). The fourth-order valence-corrected chi connectivity index (χ4v) is 1.72. The van der Waals surface area contributed by atoms with Gasteiger partial charge in [0.2, 0.25) is 5.91 Å². The molecule has 0 fully saturated rings. The number of nitrogens with zero attached hydrogens (tertiary/aromatic N) is 1. The molecule has 1 heterocycles. The fraction of sp³-hybridized carbons (Fsp3) is 0.571. The van der Waals surface area contributed by atoms with Crippen LogP contribution >= 0.6 is 0 Å². The molecule has 0 bridgehead atoms. The maximum Gasteiger partial charge on any atom is 0.236 e. The van der Waals surface area contributed by atoms with Crippen LogP contribution in [0.1, 0.15) is 45.2 Å². The van der Waals surface area contributed by atoms with E-state index in [2.05, 4.69) is 22.5 Å². The van der Waals surface area contributed by atoms with E-state index in [1.165, 1.54) is 0 Å². The van der Waals surface area contributed by atoms with Crippen molar-refractivity contribution in [2.45, 2.75) is 45.7 Å². The first-order valence-electron chi connectivity index (χ1n) is 6.58. The molecule has 0 aromatic carbocycles. The zero-order valence-electron chi connectivity index (χ0n) is 11.4. The SMILES string of the molecule is CCCCNC(=O)C(C)N[C@@H](C)c1cccnc1. The summed E-state index contributed by atoms with van der Waals surface area (Å²) in [6, 6.07) is 3.83. The number of carbonyl (C=O) groups excluding carboxylic acids is 1. The number of hydrogen-bond acceptors (Lipinski definition) is 3. The second kappa shape index (κ2) is 7.82. The lowest BCUT2D eigenvalue weighted by molar-refractivity contribution is -0.122. The van der Waals surface area contributed by atoms with Crippen LogP contribution in [-0.2, 0) is 4.79 Å². The van der Waals surface area contributed by atoms with Crippen LogP contribution in [0.4, 0.5) is 0 Å². The summed E-state index contributed by atoms with van der Waals surface area (Å²) < 4.78 is 0. The highest BCUT2D eigenvalue weighted by molar-refractivity contribution is 5.81. The van der Waals surface area contributed by atoms with Gasteiger partial charge < -0.3 is 5.32 Å². The van der Waals surface area contributed by atoms with Crippen molar-refractivity contribution < 1.29 is 4.79 Å². The average Bonchev–Trinajstić information content (AvgIpc) is 2.39. The Morgan fingerprint density at radius 3 is 2.83 bits per heavy atom. The number of amides is 1. The van der Waals surface area contributed by atoms with Gasteiger partial charge in [0.05, 0.1) is 6.04 Å². The smallest absolute Gasteiger partial charge is 0.236 e. The van der Waals surface area contributed by atoms with Crippen LogP contribution in [0.3, 0.4) is 0 Å². The Kier molecular flexibility index (Phi) is 6.36. The Labute approximate surface area is 109 Å². The predicted octanol–water partition coefficient (Wildman–Crippen LogP) is 2.04. The molecule has 4 nitrogen and oxygen atoms in total. The van der Waals surface area contributed by atoms with Gasteiger partial charge in [-0.15, -0.1) is 0 Å². The zero-order valence-corrected chi connectivity index (χ0v) is 11.4. The second-order valence-electron chi connectivity index (χ2n) is 4.54. The van der Waals surface area contributed by atoms with Gasteiger partial charge in [-0.2, -0.15) is 0 Å². The average molecular weight is 249 g/mol. The van der Waals surface area contributed by atoms with Crippen molar-refractivity contribution in [3.8, 4) is 0 Å². The van der Waals surface area contributed by atoms with E-state index in [1.807, 2.05) is 32.2 Å². The van der Waals surface area contributed by atoms with Crippen molar-refractivity contribution in [2.24, 2.45) is 0 Å². The molecule has 0 spiro atoms. The first-order valence-corrected chi connectivity index (χ1v) is 6.58. The lowest BCUT2D eigenvalue weighted by Gasteiger charge is -2.19. The summed E-state index contributed by atoms with van der Waals surface area (Å²) in [6.45, 7) is 6.78. The number of rotatable bonds is 7. The first kappa shape index (κ1) is 14.6. The standard InChI is InChI=1S/C14H23N3O/c1-4-5-9-16-14(18)12(3)17-11(2)13-7-6-8-15-10-13/h6-8,10-12,17H,4-5,9H2,1-3H3,(H,16,18)/t11-,12?/m0/s1. The summed E-state index contributed by atoms with van der Waals surface area (Å²) in [5.41, 5.74) is 1.09. The Morgan fingerprint density at radius 1 is 1.44 bits per heavy atom. The molecule has 2 atom stereocenters. The van der Waals surface area contributed by atoms with E-state index >= 15 is 0 Å². The van der Waals surface area contributed by atoms with E-state index in [4.69, 9.17) is 0 Å². The van der Waals surface area contributed by atoms with Crippen molar-refractivity contribution in [1.82, 2.24) is 15.6 Å². The Morgan fingerprint density at radius 2 is 2.22 bits per heavy atom. The predicted molar refractivity (Wildman–Crippen MR) is 73.2 cm³/mol. The van der Waals surface area contributed by atoms with Gasteiger partial charge in [-0.3, -0.25) is 15.1 Å². The third-order valence-electron chi connectivity index (χ3n) is 2.91. The highest BCUT2D eigenvalue weighted by Crippen LogP contribution is 2.10. The first-order chi connectivity index (χ1) is 8.65. The quantitative estimate of drug-likeness (QED) is 0.727. The number of nitrogens with one attached hydrogen (secondary N) is 2. The summed E-state index contributed by atoms with van der Waals surface area (Å²) in [7, 11) is 0. The van der Waals surface area contributed by atoms with Gasteiger partial charge in [-0.1, -0.05) is 19.4 Å². The second-order valence-corrected chi connectivity index (χ2v) is 4.54. The molecule has 0 saturated heterocycles. The van der Waals surface area contributed by atoms with Gasteiger partial charge in [0.25, 0.3) is 0 Å². The third-order valence-corrected chi connectivity index (χ3v) is 2.91. The van der Waals surface area contributed by atoms with E-state index in [1.54, 1.807) is 6.20 Å². The minimum Gasteiger partial charge on any atom is -0.355 e. The fourth-order valence-electron chi connectivity index (χ4n) is 1.72. The number of hydrogen-bond donors (Lipinski definition) is 2. The molecule has 1 aromatic heterocycles. The van der Waals surface area contributed by atoms with E-state index in [9.17, 15) is 4.79 Å². The lowest BCUT2D eigenvalue weighted by Crippen LogP contribution is -2.43. The number of pyridine rings is 1. The van der Waals surface area contributed by atoms with E-state index in [0.29, 0.717) is 0 Å². The van der Waals surface area contributed by atoms with Crippen molar-refractivity contribution in [2.75, 3.05) is 6.54 Å². The molecule has 18 heavy (non-hydrogen) atoms. The van der Waals surface area contributed by atoms with Crippen LogP contribution in [0.25, 0.3) is 0 Å².